The summed E-state index contributed by atoms with van der Waals surface area (Å²) in [4.78, 5) is 0. The molecule has 0 amide bonds. The van der Waals surface area contributed by atoms with E-state index in [1.165, 1.54) is 0 Å². The average molecular weight is 141 g/mol. The fourth-order valence-corrected chi connectivity index (χ4v) is 0.673. The van der Waals surface area contributed by atoms with Gasteiger partial charge in [0, 0.05) is 6.54 Å². The molecule has 0 spiro atoms. The molecule has 56 valence electrons. The summed E-state index contributed by atoms with van der Waals surface area (Å²) in [5.74, 6) is 0. The average Bonchev–Trinajstić information content (AvgIpc) is 2.34. The van der Waals surface area contributed by atoms with Crippen LogP contribution in [-0.2, 0) is 6.54 Å². The van der Waals surface area contributed by atoms with Gasteiger partial charge >= 0.3 is 0 Å². The van der Waals surface area contributed by atoms with Gasteiger partial charge in [0.15, 0.2) is 0 Å². The molecule has 1 aromatic rings. The van der Waals surface area contributed by atoms with Crippen molar-refractivity contribution in [1.82, 2.24) is 14.8 Å². The maximum Gasteiger partial charge on any atom is 0.119 e. The minimum absolute atomic E-state index is 0.248. The lowest BCUT2D eigenvalue weighted by atomic mass is 10.3. The van der Waals surface area contributed by atoms with E-state index in [-0.39, 0.29) is 6.10 Å². The van der Waals surface area contributed by atoms with Crippen LogP contribution in [0.25, 0.3) is 0 Å². The third-order valence-electron chi connectivity index (χ3n) is 1.27. The SMILES string of the molecule is CC(O)CCn1cnnc1. The van der Waals surface area contributed by atoms with Gasteiger partial charge in [-0.05, 0) is 13.3 Å². The number of rotatable bonds is 3. The number of aromatic nitrogens is 3. The van der Waals surface area contributed by atoms with Crippen LogP contribution in [0.2, 0.25) is 0 Å². The molecule has 0 fully saturated rings. The van der Waals surface area contributed by atoms with Gasteiger partial charge in [0.1, 0.15) is 12.7 Å². The van der Waals surface area contributed by atoms with E-state index in [4.69, 9.17) is 5.11 Å². The van der Waals surface area contributed by atoms with Crippen molar-refractivity contribution in [3.8, 4) is 0 Å². The molecule has 0 aromatic carbocycles. The number of aliphatic hydroxyl groups excluding tert-OH is 1. The van der Waals surface area contributed by atoms with Gasteiger partial charge in [-0.3, -0.25) is 0 Å². The normalized spacial score (nSPS) is 13.4. The second-order valence-corrected chi connectivity index (χ2v) is 2.34. The highest BCUT2D eigenvalue weighted by Crippen LogP contribution is 1.92. The standard InChI is InChI=1S/C6H11N3O/c1-6(10)2-3-9-4-7-8-5-9/h4-6,10H,2-3H2,1H3. The second kappa shape index (κ2) is 3.31. The van der Waals surface area contributed by atoms with Crippen molar-refractivity contribution in [3.05, 3.63) is 12.7 Å². The van der Waals surface area contributed by atoms with Gasteiger partial charge in [-0.1, -0.05) is 0 Å². The summed E-state index contributed by atoms with van der Waals surface area (Å²) in [7, 11) is 0. The highest BCUT2D eigenvalue weighted by Gasteiger charge is 1.95. The van der Waals surface area contributed by atoms with Crippen LogP contribution in [0.3, 0.4) is 0 Å². The topological polar surface area (TPSA) is 50.9 Å². The number of aliphatic hydroxyl groups is 1. The van der Waals surface area contributed by atoms with E-state index in [9.17, 15) is 0 Å². The predicted octanol–water partition coefficient (Wildman–Crippen LogP) is 0.0490. The summed E-state index contributed by atoms with van der Waals surface area (Å²) in [5.41, 5.74) is 0. The van der Waals surface area contributed by atoms with Crippen molar-refractivity contribution in [2.45, 2.75) is 26.0 Å². The number of hydrogen-bond donors (Lipinski definition) is 1. The summed E-state index contributed by atoms with van der Waals surface area (Å²) in [6.45, 7) is 2.55. The predicted molar refractivity (Wildman–Crippen MR) is 36.3 cm³/mol. The zero-order chi connectivity index (χ0) is 7.40. The van der Waals surface area contributed by atoms with Gasteiger partial charge in [0.25, 0.3) is 0 Å². The smallest absolute Gasteiger partial charge is 0.119 e. The van der Waals surface area contributed by atoms with Crippen LogP contribution >= 0.6 is 0 Å². The summed E-state index contributed by atoms with van der Waals surface area (Å²) >= 11 is 0. The van der Waals surface area contributed by atoms with E-state index in [0.29, 0.717) is 0 Å². The molecule has 0 aliphatic heterocycles. The van der Waals surface area contributed by atoms with Crippen molar-refractivity contribution in [2.75, 3.05) is 0 Å². The minimum Gasteiger partial charge on any atom is -0.393 e. The molecule has 1 unspecified atom stereocenters. The molecule has 0 saturated heterocycles. The molecule has 0 radical (unpaired) electrons. The molecule has 1 heterocycles. The zero-order valence-corrected chi connectivity index (χ0v) is 5.94. The van der Waals surface area contributed by atoms with E-state index in [1.807, 2.05) is 4.57 Å². The van der Waals surface area contributed by atoms with Crippen LogP contribution in [0.15, 0.2) is 12.7 Å². The van der Waals surface area contributed by atoms with E-state index in [2.05, 4.69) is 10.2 Å². The van der Waals surface area contributed by atoms with Gasteiger partial charge in [-0.2, -0.15) is 0 Å². The Morgan fingerprint density at radius 1 is 1.50 bits per heavy atom. The van der Waals surface area contributed by atoms with Gasteiger partial charge in [-0.25, -0.2) is 0 Å². The first-order valence-electron chi connectivity index (χ1n) is 3.29. The Balaban J connectivity index is 2.28. The Kier molecular flexibility index (Phi) is 2.39. The van der Waals surface area contributed by atoms with Crippen LogP contribution in [0.5, 0.6) is 0 Å². The maximum atomic E-state index is 8.90. The first kappa shape index (κ1) is 7.21. The summed E-state index contributed by atoms with van der Waals surface area (Å²) in [6.07, 6.45) is 3.78. The van der Waals surface area contributed by atoms with Crippen LogP contribution < -0.4 is 0 Å². The molecule has 1 N–H and O–H groups in total. The van der Waals surface area contributed by atoms with Gasteiger partial charge in [0.05, 0.1) is 6.10 Å². The third kappa shape index (κ3) is 2.14. The molecular formula is C6H11N3O. The summed E-state index contributed by atoms with van der Waals surface area (Å²) in [5, 5.41) is 16.2. The molecular weight excluding hydrogens is 130 g/mol. The number of nitrogens with zero attached hydrogens (tertiary/aromatic N) is 3. The third-order valence-corrected chi connectivity index (χ3v) is 1.27. The molecule has 0 aliphatic carbocycles. The van der Waals surface area contributed by atoms with Gasteiger partial charge in [0.2, 0.25) is 0 Å². The molecule has 0 aliphatic rings. The van der Waals surface area contributed by atoms with E-state index in [0.717, 1.165) is 13.0 Å². The lowest BCUT2D eigenvalue weighted by Gasteiger charge is -2.02. The van der Waals surface area contributed by atoms with E-state index in [1.54, 1.807) is 19.6 Å². The van der Waals surface area contributed by atoms with Crippen LogP contribution in [0.1, 0.15) is 13.3 Å². The highest BCUT2D eigenvalue weighted by molar-refractivity contribution is 4.60. The van der Waals surface area contributed by atoms with Crippen LogP contribution in [0, 0.1) is 0 Å². The Bertz CT molecular complexity index is 171. The molecule has 4 nitrogen and oxygen atoms in total. The fraction of sp³-hybridized carbons (Fsp3) is 0.667. The monoisotopic (exact) mass is 141 g/mol. The van der Waals surface area contributed by atoms with Crippen LogP contribution in [-0.4, -0.2) is 26.0 Å². The van der Waals surface area contributed by atoms with Crippen LogP contribution in [0.4, 0.5) is 0 Å². The van der Waals surface area contributed by atoms with E-state index >= 15 is 0 Å². The Morgan fingerprint density at radius 3 is 2.60 bits per heavy atom. The maximum absolute atomic E-state index is 8.90. The van der Waals surface area contributed by atoms with E-state index < -0.39 is 0 Å². The zero-order valence-electron chi connectivity index (χ0n) is 5.94. The van der Waals surface area contributed by atoms with Gasteiger partial charge in [-0.15, -0.1) is 10.2 Å². The van der Waals surface area contributed by atoms with Crippen molar-refractivity contribution >= 4 is 0 Å². The molecule has 1 aromatic heterocycles. The Hall–Kier alpha value is -0.900. The molecule has 0 bridgehead atoms. The van der Waals surface area contributed by atoms with Crippen molar-refractivity contribution in [3.63, 3.8) is 0 Å². The van der Waals surface area contributed by atoms with Crippen molar-refractivity contribution in [2.24, 2.45) is 0 Å². The summed E-state index contributed by atoms with van der Waals surface area (Å²) in [6, 6.07) is 0. The quantitative estimate of drug-likeness (QED) is 0.647. The lowest BCUT2D eigenvalue weighted by molar-refractivity contribution is 0.178. The molecule has 10 heavy (non-hydrogen) atoms. The molecule has 1 atom stereocenters. The fourth-order valence-electron chi connectivity index (χ4n) is 0.673. The molecule has 1 rings (SSSR count). The lowest BCUT2D eigenvalue weighted by Crippen LogP contribution is -2.05. The highest BCUT2D eigenvalue weighted by atomic mass is 16.3. The first-order chi connectivity index (χ1) is 4.79. The van der Waals surface area contributed by atoms with Crippen molar-refractivity contribution in [1.29, 1.82) is 0 Å². The Labute approximate surface area is 59.5 Å². The minimum atomic E-state index is -0.248. The summed E-state index contributed by atoms with van der Waals surface area (Å²) < 4.78 is 1.84. The largest absolute Gasteiger partial charge is 0.393 e. The molecule has 0 saturated carbocycles. The molecule has 4 heteroatoms. The first-order valence-corrected chi connectivity index (χ1v) is 3.29. The second-order valence-electron chi connectivity index (χ2n) is 2.34. The van der Waals surface area contributed by atoms with Crippen molar-refractivity contribution < 1.29 is 5.11 Å². The van der Waals surface area contributed by atoms with Gasteiger partial charge < -0.3 is 9.67 Å². The Morgan fingerprint density at radius 2 is 2.10 bits per heavy atom. The number of aryl methyl sites for hydroxylation is 1. The number of hydrogen-bond acceptors (Lipinski definition) is 3.